The summed E-state index contributed by atoms with van der Waals surface area (Å²) in [4.78, 5) is 24.2. The van der Waals surface area contributed by atoms with Crippen molar-refractivity contribution in [3.05, 3.63) is 35.4 Å². The molecule has 0 radical (unpaired) electrons. The van der Waals surface area contributed by atoms with E-state index in [9.17, 15) is 9.59 Å². The van der Waals surface area contributed by atoms with Gasteiger partial charge in [0.05, 0.1) is 20.1 Å². The highest BCUT2D eigenvalue weighted by atomic mass is 16.5. The van der Waals surface area contributed by atoms with Gasteiger partial charge in [0.25, 0.3) is 0 Å². The predicted molar refractivity (Wildman–Crippen MR) is 108 cm³/mol. The second kappa shape index (κ2) is 10.5. The van der Waals surface area contributed by atoms with Gasteiger partial charge in [-0.25, -0.2) is 0 Å². The lowest BCUT2D eigenvalue weighted by Gasteiger charge is -2.29. The molecule has 0 saturated carbocycles. The van der Waals surface area contributed by atoms with E-state index in [4.69, 9.17) is 5.11 Å². The smallest absolute Gasteiger partial charge is 0.317 e. The number of carboxylic acid groups (broad SMARTS) is 1. The number of benzene rings is 1. The third-order valence-corrected chi connectivity index (χ3v) is 4.67. The van der Waals surface area contributed by atoms with Crippen LogP contribution in [0, 0.1) is 11.3 Å². The van der Waals surface area contributed by atoms with Gasteiger partial charge in [0.15, 0.2) is 0 Å². The van der Waals surface area contributed by atoms with Crippen molar-refractivity contribution in [1.82, 2.24) is 4.90 Å². The quantitative estimate of drug-likeness (QED) is 0.615. The fourth-order valence-corrected chi connectivity index (χ4v) is 3.28. The molecule has 1 atom stereocenters. The fraction of sp³-hybridized carbons (Fsp3) is 0.636. The maximum atomic E-state index is 11.4. The number of methoxy groups -OCH3 is 1. The Kier molecular flexibility index (Phi) is 8.97. The molecule has 0 spiro atoms. The molecule has 1 aromatic carbocycles. The number of hydrogen-bond donors (Lipinski definition) is 1. The van der Waals surface area contributed by atoms with Crippen molar-refractivity contribution in [2.24, 2.45) is 11.3 Å². The van der Waals surface area contributed by atoms with Crippen molar-refractivity contribution in [2.75, 3.05) is 20.2 Å². The van der Waals surface area contributed by atoms with Crippen molar-refractivity contribution >= 4 is 11.9 Å². The van der Waals surface area contributed by atoms with Gasteiger partial charge in [-0.05, 0) is 34.8 Å². The number of carbonyl (C=O) groups excluding carboxylic acids is 1. The summed E-state index contributed by atoms with van der Waals surface area (Å²) in [6.07, 6.45) is 1.30. The molecule has 1 N–H and O–H groups in total. The molecule has 0 aromatic heterocycles. The zero-order chi connectivity index (χ0) is 20.6. The molecule has 0 amide bonds. The van der Waals surface area contributed by atoms with Crippen LogP contribution in [-0.4, -0.2) is 42.1 Å². The molecule has 0 bridgehead atoms. The van der Waals surface area contributed by atoms with Crippen LogP contribution in [0.4, 0.5) is 0 Å². The van der Waals surface area contributed by atoms with Gasteiger partial charge in [0, 0.05) is 13.1 Å². The maximum Gasteiger partial charge on any atom is 0.317 e. The molecule has 1 rings (SSSR count). The summed E-state index contributed by atoms with van der Waals surface area (Å²) >= 11 is 0. The number of esters is 1. The molecule has 5 heteroatoms. The van der Waals surface area contributed by atoms with Crippen molar-refractivity contribution in [2.45, 2.75) is 59.9 Å². The van der Waals surface area contributed by atoms with E-state index in [0.717, 1.165) is 12.0 Å². The second-order valence-electron chi connectivity index (χ2n) is 8.79. The molecule has 152 valence electrons. The van der Waals surface area contributed by atoms with E-state index in [1.807, 2.05) is 0 Å². The minimum atomic E-state index is -0.901. The average molecular weight is 378 g/mol. The van der Waals surface area contributed by atoms with Crippen LogP contribution in [0.25, 0.3) is 0 Å². The zero-order valence-corrected chi connectivity index (χ0v) is 17.6. The van der Waals surface area contributed by atoms with Crippen LogP contribution in [0.5, 0.6) is 0 Å². The summed E-state index contributed by atoms with van der Waals surface area (Å²) in [6.45, 7) is 12.1. The Morgan fingerprint density at radius 3 is 2.19 bits per heavy atom. The minimum absolute atomic E-state index is 0.0998. The van der Waals surface area contributed by atoms with E-state index in [1.165, 1.54) is 12.7 Å². The summed E-state index contributed by atoms with van der Waals surface area (Å²) in [5.74, 6) is -0.184. The Balaban J connectivity index is 2.84. The van der Waals surface area contributed by atoms with Crippen molar-refractivity contribution in [3.8, 4) is 0 Å². The number of carboxylic acids is 1. The number of aliphatic carboxylic acids is 1. The first-order valence-electron chi connectivity index (χ1n) is 9.61. The predicted octanol–water partition coefficient (Wildman–Crippen LogP) is 4.31. The summed E-state index contributed by atoms with van der Waals surface area (Å²) in [7, 11) is 1.34. The highest BCUT2D eigenvalue weighted by Crippen LogP contribution is 2.36. The van der Waals surface area contributed by atoms with E-state index in [1.54, 1.807) is 4.90 Å². The van der Waals surface area contributed by atoms with Gasteiger partial charge >= 0.3 is 11.9 Å². The first-order chi connectivity index (χ1) is 12.5. The first-order valence-corrected chi connectivity index (χ1v) is 9.61. The number of ether oxygens (including phenoxy) is 1. The molecule has 0 saturated heterocycles. The molecule has 0 aliphatic carbocycles. The third kappa shape index (κ3) is 9.05. The number of hydrogen-bond acceptors (Lipinski definition) is 4. The van der Waals surface area contributed by atoms with Crippen molar-refractivity contribution < 1.29 is 19.4 Å². The Hall–Kier alpha value is -1.88. The Labute approximate surface area is 163 Å². The summed E-state index contributed by atoms with van der Waals surface area (Å²) < 4.78 is 4.65. The lowest BCUT2D eigenvalue weighted by molar-refractivity contribution is -0.143. The third-order valence-electron chi connectivity index (χ3n) is 4.67. The van der Waals surface area contributed by atoms with E-state index in [-0.39, 0.29) is 24.3 Å². The molecular weight excluding hydrogens is 342 g/mol. The molecule has 1 aromatic rings. The standard InChI is InChI=1S/C22H35NO4/c1-16(2)19(13-22(3,4)5)18-9-7-17(8-10-18)14-23(15-20(24)25)12-11-21(26)27-6/h7-10,16,19H,11-15H2,1-6H3,(H,24,25). The molecule has 0 heterocycles. The fourth-order valence-electron chi connectivity index (χ4n) is 3.28. The number of rotatable bonds is 10. The van der Waals surface area contributed by atoms with Crippen LogP contribution in [0.1, 0.15) is 64.5 Å². The van der Waals surface area contributed by atoms with Gasteiger partial charge in [-0.15, -0.1) is 0 Å². The van der Waals surface area contributed by atoms with E-state index < -0.39 is 5.97 Å². The monoisotopic (exact) mass is 377 g/mol. The van der Waals surface area contributed by atoms with Crippen LogP contribution in [0.15, 0.2) is 24.3 Å². The van der Waals surface area contributed by atoms with Crippen LogP contribution in [0.2, 0.25) is 0 Å². The van der Waals surface area contributed by atoms with Gasteiger partial charge in [-0.1, -0.05) is 58.9 Å². The summed E-state index contributed by atoms with van der Waals surface area (Å²) in [5.41, 5.74) is 2.63. The number of carbonyl (C=O) groups is 2. The Morgan fingerprint density at radius 1 is 1.15 bits per heavy atom. The van der Waals surface area contributed by atoms with E-state index in [2.05, 4.69) is 63.6 Å². The van der Waals surface area contributed by atoms with Gasteiger partial charge in [0.2, 0.25) is 0 Å². The molecular formula is C22H35NO4. The van der Waals surface area contributed by atoms with Gasteiger partial charge in [-0.3, -0.25) is 14.5 Å². The second-order valence-corrected chi connectivity index (χ2v) is 8.79. The van der Waals surface area contributed by atoms with Crippen LogP contribution < -0.4 is 0 Å². The summed E-state index contributed by atoms with van der Waals surface area (Å²) in [6, 6.07) is 8.46. The molecule has 0 aliphatic heterocycles. The highest BCUT2D eigenvalue weighted by Gasteiger charge is 2.23. The Morgan fingerprint density at radius 2 is 1.74 bits per heavy atom. The van der Waals surface area contributed by atoms with Gasteiger partial charge in [0.1, 0.15) is 0 Å². The largest absolute Gasteiger partial charge is 0.480 e. The topological polar surface area (TPSA) is 66.8 Å². The number of nitrogens with zero attached hydrogens (tertiary/aromatic N) is 1. The normalized spacial score (nSPS) is 13.0. The molecule has 0 fully saturated rings. The van der Waals surface area contributed by atoms with Crippen LogP contribution in [-0.2, 0) is 20.9 Å². The van der Waals surface area contributed by atoms with Crippen molar-refractivity contribution in [3.63, 3.8) is 0 Å². The molecule has 0 aliphatic rings. The van der Waals surface area contributed by atoms with Gasteiger partial charge in [-0.2, -0.15) is 0 Å². The highest BCUT2D eigenvalue weighted by molar-refractivity contribution is 5.70. The zero-order valence-electron chi connectivity index (χ0n) is 17.6. The van der Waals surface area contributed by atoms with Crippen LogP contribution in [0.3, 0.4) is 0 Å². The van der Waals surface area contributed by atoms with Gasteiger partial charge < -0.3 is 9.84 Å². The van der Waals surface area contributed by atoms with Crippen LogP contribution >= 0.6 is 0 Å². The Bertz CT molecular complexity index is 602. The molecule has 1 unspecified atom stereocenters. The first kappa shape index (κ1) is 23.2. The average Bonchev–Trinajstić information content (AvgIpc) is 2.56. The lowest BCUT2D eigenvalue weighted by Crippen LogP contribution is -2.31. The van der Waals surface area contributed by atoms with E-state index >= 15 is 0 Å². The SMILES string of the molecule is COC(=O)CCN(CC(=O)O)Cc1ccc(C(CC(C)(C)C)C(C)C)cc1. The lowest BCUT2D eigenvalue weighted by atomic mass is 9.76. The molecule has 27 heavy (non-hydrogen) atoms. The van der Waals surface area contributed by atoms with Crippen molar-refractivity contribution in [1.29, 1.82) is 0 Å². The molecule has 5 nitrogen and oxygen atoms in total. The maximum absolute atomic E-state index is 11.4. The minimum Gasteiger partial charge on any atom is -0.480 e. The summed E-state index contributed by atoms with van der Waals surface area (Å²) in [5, 5.41) is 9.11. The van der Waals surface area contributed by atoms with E-state index in [0.29, 0.717) is 24.9 Å².